The van der Waals surface area contributed by atoms with Crippen molar-refractivity contribution in [2.45, 2.75) is 0 Å². The maximum absolute atomic E-state index is 14.1. The first-order valence-electron chi connectivity index (χ1n) is 17.8. The van der Waals surface area contributed by atoms with E-state index in [-0.39, 0.29) is 5.56 Å². The summed E-state index contributed by atoms with van der Waals surface area (Å²) in [4.78, 5) is 19.2. The zero-order valence-electron chi connectivity index (χ0n) is 28.5. The molecule has 4 heterocycles. The Kier molecular flexibility index (Phi) is 6.34. The van der Waals surface area contributed by atoms with Gasteiger partial charge in [-0.25, -0.2) is 4.98 Å². The number of rotatable bonds is 4. The number of hydrogen-bond acceptors (Lipinski definition) is 2. The lowest BCUT2D eigenvalue weighted by Gasteiger charge is -2.15. The molecule has 0 amide bonds. The van der Waals surface area contributed by atoms with Crippen molar-refractivity contribution in [2.75, 3.05) is 0 Å². The Hall–Kier alpha value is -7.24. The van der Waals surface area contributed by atoms with Crippen LogP contribution in [0.1, 0.15) is 0 Å². The van der Waals surface area contributed by atoms with Crippen LogP contribution < -0.4 is 5.56 Å². The third-order valence-corrected chi connectivity index (χ3v) is 10.7. The average Bonchev–Trinajstić information content (AvgIpc) is 3.74. The molecule has 5 nitrogen and oxygen atoms in total. The van der Waals surface area contributed by atoms with Gasteiger partial charge in [-0.15, -0.1) is 0 Å². The second-order valence-corrected chi connectivity index (χ2v) is 13.6. The molecule has 0 aliphatic rings. The van der Waals surface area contributed by atoms with E-state index in [9.17, 15) is 4.79 Å². The van der Waals surface area contributed by atoms with Crippen LogP contribution >= 0.6 is 0 Å². The van der Waals surface area contributed by atoms with E-state index in [0.717, 1.165) is 66.4 Å². The number of para-hydroxylation sites is 4. The lowest BCUT2D eigenvalue weighted by Crippen LogP contribution is -2.19. The minimum Gasteiger partial charge on any atom is -0.309 e. The summed E-state index contributed by atoms with van der Waals surface area (Å²) < 4.78 is 6.39. The molecule has 0 aliphatic carbocycles. The van der Waals surface area contributed by atoms with Crippen molar-refractivity contribution in [3.8, 4) is 28.3 Å². The lowest BCUT2D eigenvalue weighted by atomic mass is 10.0. The van der Waals surface area contributed by atoms with Crippen molar-refractivity contribution >= 4 is 65.3 Å². The van der Waals surface area contributed by atoms with E-state index in [1.807, 2.05) is 65.4 Å². The summed E-state index contributed by atoms with van der Waals surface area (Å²) in [7, 11) is 0. The number of pyridine rings is 2. The molecule has 11 aromatic rings. The van der Waals surface area contributed by atoms with Crippen molar-refractivity contribution in [3.63, 3.8) is 0 Å². The Bertz CT molecular complexity index is 3300. The Morgan fingerprint density at radius 2 is 0.811 bits per heavy atom. The van der Waals surface area contributed by atoms with Gasteiger partial charge in [0.1, 0.15) is 5.82 Å². The minimum atomic E-state index is -0.0489. The fourth-order valence-electron chi connectivity index (χ4n) is 8.32. The molecule has 0 aliphatic heterocycles. The van der Waals surface area contributed by atoms with Crippen LogP contribution in [0.2, 0.25) is 0 Å². The van der Waals surface area contributed by atoms with Crippen LogP contribution in [0, 0.1) is 0 Å². The minimum absolute atomic E-state index is 0.0489. The van der Waals surface area contributed by atoms with Crippen molar-refractivity contribution in [3.05, 3.63) is 192 Å². The highest BCUT2D eigenvalue weighted by Gasteiger charge is 2.19. The third-order valence-electron chi connectivity index (χ3n) is 10.7. The molecule has 248 valence electrons. The molecule has 0 bridgehead atoms. The smallest absolute Gasteiger partial charge is 0.263 e. The molecule has 4 aromatic heterocycles. The highest BCUT2D eigenvalue weighted by molar-refractivity contribution is 6.13. The first-order valence-corrected chi connectivity index (χ1v) is 17.8. The maximum Gasteiger partial charge on any atom is 0.263 e. The van der Waals surface area contributed by atoms with Gasteiger partial charge in [-0.05, 0) is 83.2 Å². The van der Waals surface area contributed by atoms with Gasteiger partial charge in [-0.3, -0.25) is 13.9 Å². The Labute approximate surface area is 303 Å². The van der Waals surface area contributed by atoms with Crippen molar-refractivity contribution in [2.24, 2.45) is 0 Å². The summed E-state index contributed by atoms with van der Waals surface area (Å²) in [5.74, 6) is 0.756. The maximum atomic E-state index is 14.1. The van der Waals surface area contributed by atoms with E-state index in [1.165, 1.54) is 21.8 Å². The zero-order valence-corrected chi connectivity index (χ0v) is 28.5. The molecule has 11 rings (SSSR count). The Morgan fingerprint density at radius 1 is 0.340 bits per heavy atom. The first-order chi connectivity index (χ1) is 26.2. The SMILES string of the molecule is O=c1c2ccccc2c2cnc(-n3c4ccccc4c4cc(-c5ccc6c(c5)c5ccccc5n6-c5ccccc5)ccc43)cc2n1-c1ccccc1. The fourth-order valence-corrected chi connectivity index (χ4v) is 8.32. The standard InChI is InChI=1S/C48H30N4O/c53-48-38-20-8-7-17-35(38)41-30-49-47(29-46(41)51(48)34-15-5-2-6-16-34)52-43-22-12-10-19-37(43)40-28-32(24-26-45(40)52)31-23-25-44-39(27-31)36-18-9-11-21-42(36)50(44)33-13-3-1-4-14-33/h1-30H. The number of fused-ring (bicyclic) bond motifs is 9. The fraction of sp³-hybridized carbons (Fsp3) is 0. The van der Waals surface area contributed by atoms with Crippen molar-refractivity contribution in [1.82, 2.24) is 18.7 Å². The van der Waals surface area contributed by atoms with Crippen LogP contribution in [0.3, 0.4) is 0 Å². The molecule has 5 heteroatoms. The molecule has 0 N–H and O–H groups in total. The summed E-state index contributed by atoms with van der Waals surface area (Å²) in [6.07, 6.45) is 1.92. The molecular weight excluding hydrogens is 649 g/mol. The molecule has 0 atom stereocenters. The average molecular weight is 679 g/mol. The molecule has 0 fully saturated rings. The molecule has 53 heavy (non-hydrogen) atoms. The van der Waals surface area contributed by atoms with Crippen LogP contribution in [0.15, 0.2) is 187 Å². The monoisotopic (exact) mass is 678 g/mol. The normalized spacial score (nSPS) is 11.8. The predicted octanol–water partition coefficient (Wildman–Crippen LogP) is 11.4. The number of nitrogens with zero attached hydrogens (tertiary/aromatic N) is 4. The Morgan fingerprint density at radius 3 is 1.43 bits per heavy atom. The highest BCUT2D eigenvalue weighted by Crippen LogP contribution is 2.38. The van der Waals surface area contributed by atoms with Gasteiger partial charge in [-0.1, -0.05) is 103 Å². The summed E-state index contributed by atoms with van der Waals surface area (Å²) >= 11 is 0. The molecular formula is C48H30N4O. The van der Waals surface area contributed by atoms with E-state index in [1.54, 1.807) is 0 Å². The van der Waals surface area contributed by atoms with Crippen LogP contribution in [-0.4, -0.2) is 18.7 Å². The zero-order chi connectivity index (χ0) is 35.0. The lowest BCUT2D eigenvalue weighted by molar-refractivity contribution is 1.04. The van der Waals surface area contributed by atoms with Gasteiger partial charge < -0.3 is 4.57 Å². The van der Waals surface area contributed by atoms with E-state index in [2.05, 4.69) is 130 Å². The molecule has 0 unspecified atom stereocenters. The van der Waals surface area contributed by atoms with Gasteiger partial charge in [0.15, 0.2) is 0 Å². The summed E-state index contributed by atoms with van der Waals surface area (Å²) in [6, 6.07) is 61.0. The first kappa shape index (κ1) is 29.5. The molecule has 7 aromatic carbocycles. The van der Waals surface area contributed by atoms with Crippen LogP contribution in [0.25, 0.3) is 93.6 Å². The highest BCUT2D eigenvalue weighted by atomic mass is 16.1. The largest absolute Gasteiger partial charge is 0.309 e. The van der Waals surface area contributed by atoms with Gasteiger partial charge in [0.05, 0.1) is 27.6 Å². The Balaban J connectivity index is 1.12. The number of hydrogen-bond donors (Lipinski definition) is 0. The van der Waals surface area contributed by atoms with Crippen molar-refractivity contribution < 1.29 is 0 Å². The van der Waals surface area contributed by atoms with E-state index >= 15 is 0 Å². The van der Waals surface area contributed by atoms with E-state index in [4.69, 9.17) is 4.98 Å². The summed E-state index contributed by atoms with van der Waals surface area (Å²) in [6.45, 7) is 0. The van der Waals surface area contributed by atoms with Gasteiger partial charge in [-0.2, -0.15) is 0 Å². The predicted molar refractivity (Wildman–Crippen MR) is 219 cm³/mol. The number of aromatic nitrogens is 4. The van der Waals surface area contributed by atoms with Crippen LogP contribution in [0.4, 0.5) is 0 Å². The molecule has 0 saturated heterocycles. The summed E-state index contributed by atoms with van der Waals surface area (Å²) in [5.41, 5.74) is 9.53. The summed E-state index contributed by atoms with van der Waals surface area (Å²) in [5, 5.41) is 7.24. The molecule has 0 saturated carbocycles. The van der Waals surface area contributed by atoms with E-state index < -0.39 is 0 Å². The number of benzene rings is 7. The quantitative estimate of drug-likeness (QED) is 0.174. The van der Waals surface area contributed by atoms with E-state index in [0.29, 0.717) is 5.39 Å². The molecule has 0 radical (unpaired) electrons. The van der Waals surface area contributed by atoms with Gasteiger partial charge in [0, 0.05) is 56.0 Å². The third kappa shape index (κ3) is 4.38. The topological polar surface area (TPSA) is 44.8 Å². The van der Waals surface area contributed by atoms with Gasteiger partial charge in [0.25, 0.3) is 5.56 Å². The second kappa shape index (κ2) is 11.4. The van der Waals surface area contributed by atoms with Crippen LogP contribution in [-0.2, 0) is 0 Å². The van der Waals surface area contributed by atoms with Gasteiger partial charge >= 0.3 is 0 Å². The second-order valence-electron chi connectivity index (χ2n) is 13.6. The van der Waals surface area contributed by atoms with Crippen LogP contribution in [0.5, 0.6) is 0 Å². The van der Waals surface area contributed by atoms with Crippen molar-refractivity contribution in [1.29, 1.82) is 0 Å². The van der Waals surface area contributed by atoms with Gasteiger partial charge in [0.2, 0.25) is 0 Å². The molecule has 0 spiro atoms.